The van der Waals surface area contributed by atoms with E-state index in [0.717, 1.165) is 27.2 Å². The zero-order valence-corrected chi connectivity index (χ0v) is 15.3. The monoisotopic (exact) mass is 352 g/mol. The van der Waals surface area contributed by atoms with Gasteiger partial charge in [0.2, 0.25) is 5.91 Å². The van der Waals surface area contributed by atoms with E-state index in [2.05, 4.69) is 23.3 Å². The average molecular weight is 352 g/mol. The largest absolute Gasteiger partial charge is 0.497 e. The highest BCUT2D eigenvalue weighted by atomic mass is 32.2. The van der Waals surface area contributed by atoms with Crippen LogP contribution in [0.15, 0.2) is 59.6 Å². The van der Waals surface area contributed by atoms with E-state index in [0.29, 0.717) is 5.75 Å². The highest BCUT2D eigenvalue weighted by Crippen LogP contribution is 2.27. The van der Waals surface area contributed by atoms with E-state index in [-0.39, 0.29) is 11.2 Å². The van der Waals surface area contributed by atoms with Crippen molar-refractivity contribution in [2.75, 3.05) is 12.4 Å². The van der Waals surface area contributed by atoms with Gasteiger partial charge in [0, 0.05) is 17.1 Å². The van der Waals surface area contributed by atoms with Crippen molar-refractivity contribution in [3.8, 4) is 5.75 Å². The summed E-state index contributed by atoms with van der Waals surface area (Å²) in [4.78, 5) is 17.1. The Bertz CT molecular complexity index is 911. The Hall–Kier alpha value is -2.53. The number of para-hydroxylation sites is 1. The molecule has 128 valence electrons. The SMILES string of the molecule is COc1cccc(NC(=O)[C@H](C)Sc2cc(C)c3ccccc3n2)c1. The number of nitrogens with zero attached hydrogens (tertiary/aromatic N) is 1. The molecule has 1 aromatic heterocycles. The Morgan fingerprint density at radius 2 is 1.96 bits per heavy atom. The van der Waals surface area contributed by atoms with Gasteiger partial charge in [-0.3, -0.25) is 4.79 Å². The Labute approximate surface area is 151 Å². The molecule has 5 heteroatoms. The molecule has 0 radical (unpaired) electrons. The number of ether oxygens (including phenoxy) is 1. The minimum Gasteiger partial charge on any atom is -0.497 e. The molecule has 0 aliphatic rings. The molecule has 4 nitrogen and oxygen atoms in total. The van der Waals surface area contributed by atoms with Crippen LogP contribution in [-0.4, -0.2) is 23.3 Å². The minimum atomic E-state index is -0.265. The first-order valence-corrected chi connectivity index (χ1v) is 8.93. The normalized spacial score (nSPS) is 12.0. The number of aromatic nitrogens is 1. The molecule has 0 saturated heterocycles. The zero-order chi connectivity index (χ0) is 17.8. The summed E-state index contributed by atoms with van der Waals surface area (Å²) < 4.78 is 5.18. The van der Waals surface area contributed by atoms with Crippen LogP contribution in [0.4, 0.5) is 5.69 Å². The number of pyridine rings is 1. The van der Waals surface area contributed by atoms with E-state index in [9.17, 15) is 4.79 Å². The number of hydrogen-bond donors (Lipinski definition) is 1. The second-order valence-electron chi connectivity index (χ2n) is 5.78. The molecule has 3 aromatic rings. The lowest BCUT2D eigenvalue weighted by molar-refractivity contribution is -0.115. The van der Waals surface area contributed by atoms with Gasteiger partial charge in [0.25, 0.3) is 0 Å². The number of methoxy groups -OCH3 is 1. The highest BCUT2D eigenvalue weighted by Gasteiger charge is 2.16. The van der Waals surface area contributed by atoms with Crippen LogP contribution < -0.4 is 10.1 Å². The quantitative estimate of drug-likeness (QED) is 0.678. The molecule has 25 heavy (non-hydrogen) atoms. The Morgan fingerprint density at radius 3 is 2.76 bits per heavy atom. The number of thioether (sulfide) groups is 1. The number of benzene rings is 2. The van der Waals surface area contributed by atoms with Gasteiger partial charge >= 0.3 is 0 Å². The topological polar surface area (TPSA) is 51.2 Å². The summed E-state index contributed by atoms with van der Waals surface area (Å²) in [5.74, 6) is 0.649. The number of aryl methyl sites for hydroxylation is 1. The van der Waals surface area contributed by atoms with Gasteiger partial charge in [-0.25, -0.2) is 4.98 Å². The number of nitrogens with one attached hydrogen (secondary N) is 1. The first-order chi connectivity index (χ1) is 12.1. The average Bonchev–Trinajstić information content (AvgIpc) is 2.62. The number of hydrogen-bond acceptors (Lipinski definition) is 4. The third-order valence-corrected chi connectivity index (χ3v) is 4.92. The Kier molecular flexibility index (Phi) is 5.24. The number of carbonyl (C=O) groups excluding carboxylic acids is 1. The van der Waals surface area contributed by atoms with E-state index in [4.69, 9.17) is 4.74 Å². The second-order valence-corrected chi connectivity index (χ2v) is 7.14. The van der Waals surface area contributed by atoms with Crippen molar-refractivity contribution < 1.29 is 9.53 Å². The van der Waals surface area contributed by atoms with E-state index >= 15 is 0 Å². The summed E-state index contributed by atoms with van der Waals surface area (Å²) in [5, 5.41) is 4.65. The predicted molar refractivity (Wildman–Crippen MR) is 103 cm³/mol. The van der Waals surface area contributed by atoms with Gasteiger partial charge in [-0.05, 0) is 43.7 Å². The molecule has 1 heterocycles. The van der Waals surface area contributed by atoms with Gasteiger partial charge in [0.05, 0.1) is 22.9 Å². The molecule has 1 atom stereocenters. The number of fused-ring (bicyclic) bond motifs is 1. The molecule has 0 aliphatic heterocycles. The van der Waals surface area contributed by atoms with Gasteiger partial charge in [-0.1, -0.05) is 36.0 Å². The summed E-state index contributed by atoms with van der Waals surface area (Å²) in [6.07, 6.45) is 0. The maximum Gasteiger partial charge on any atom is 0.237 e. The van der Waals surface area contributed by atoms with Gasteiger partial charge in [0.15, 0.2) is 0 Å². The Balaban J connectivity index is 1.73. The lowest BCUT2D eigenvalue weighted by Crippen LogP contribution is -2.22. The molecule has 1 amide bonds. The molecule has 0 aliphatic carbocycles. The van der Waals surface area contributed by atoms with Crippen LogP contribution in [0.1, 0.15) is 12.5 Å². The van der Waals surface area contributed by atoms with Crippen molar-refractivity contribution in [2.45, 2.75) is 24.1 Å². The van der Waals surface area contributed by atoms with Gasteiger partial charge in [0.1, 0.15) is 5.75 Å². The van der Waals surface area contributed by atoms with E-state index in [1.54, 1.807) is 13.2 Å². The highest BCUT2D eigenvalue weighted by molar-refractivity contribution is 8.00. The van der Waals surface area contributed by atoms with E-state index < -0.39 is 0 Å². The number of anilines is 1. The van der Waals surface area contributed by atoms with Gasteiger partial charge in [-0.2, -0.15) is 0 Å². The maximum absolute atomic E-state index is 12.5. The summed E-state index contributed by atoms with van der Waals surface area (Å²) in [7, 11) is 1.60. The van der Waals surface area contributed by atoms with Crippen LogP contribution in [0.25, 0.3) is 10.9 Å². The van der Waals surface area contributed by atoms with Crippen LogP contribution >= 0.6 is 11.8 Å². The fraction of sp³-hybridized carbons (Fsp3) is 0.200. The smallest absolute Gasteiger partial charge is 0.237 e. The van der Waals surface area contributed by atoms with Crippen molar-refractivity contribution >= 4 is 34.3 Å². The van der Waals surface area contributed by atoms with Crippen LogP contribution in [-0.2, 0) is 4.79 Å². The Morgan fingerprint density at radius 1 is 1.16 bits per heavy atom. The molecular weight excluding hydrogens is 332 g/mol. The molecule has 0 unspecified atom stereocenters. The van der Waals surface area contributed by atoms with Crippen LogP contribution in [0, 0.1) is 6.92 Å². The molecule has 0 bridgehead atoms. The summed E-state index contributed by atoms with van der Waals surface area (Å²) >= 11 is 1.46. The number of amides is 1. The van der Waals surface area contributed by atoms with Gasteiger partial charge in [-0.15, -0.1) is 0 Å². The van der Waals surface area contributed by atoms with E-state index in [1.165, 1.54) is 11.8 Å². The van der Waals surface area contributed by atoms with Crippen molar-refractivity contribution in [1.82, 2.24) is 4.98 Å². The van der Waals surface area contributed by atoms with Gasteiger partial charge < -0.3 is 10.1 Å². The summed E-state index contributed by atoms with van der Waals surface area (Å²) in [6.45, 7) is 3.95. The molecule has 1 N–H and O–H groups in total. The van der Waals surface area contributed by atoms with Crippen molar-refractivity contribution in [3.05, 3.63) is 60.2 Å². The lowest BCUT2D eigenvalue weighted by Gasteiger charge is -2.13. The standard InChI is InChI=1S/C20H20N2O2S/c1-13-11-19(22-18-10-5-4-9-17(13)18)25-14(2)20(23)21-15-7-6-8-16(12-15)24-3/h4-12,14H,1-3H3,(H,21,23)/t14-/m0/s1. The zero-order valence-electron chi connectivity index (χ0n) is 14.4. The first-order valence-electron chi connectivity index (χ1n) is 8.05. The predicted octanol–water partition coefficient (Wildman–Crippen LogP) is 4.67. The first kappa shape index (κ1) is 17.3. The minimum absolute atomic E-state index is 0.0640. The fourth-order valence-corrected chi connectivity index (χ4v) is 3.48. The van der Waals surface area contributed by atoms with Crippen molar-refractivity contribution in [3.63, 3.8) is 0 Å². The summed E-state index contributed by atoms with van der Waals surface area (Å²) in [5.41, 5.74) is 2.83. The number of rotatable bonds is 5. The fourth-order valence-electron chi connectivity index (χ4n) is 2.56. The van der Waals surface area contributed by atoms with Crippen LogP contribution in [0.2, 0.25) is 0 Å². The third kappa shape index (κ3) is 4.12. The molecule has 0 saturated carbocycles. The molecule has 2 aromatic carbocycles. The molecule has 0 spiro atoms. The molecular formula is C20H20N2O2S. The van der Waals surface area contributed by atoms with Crippen molar-refractivity contribution in [2.24, 2.45) is 0 Å². The maximum atomic E-state index is 12.5. The third-order valence-electron chi connectivity index (χ3n) is 3.90. The van der Waals surface area contributed by atoms with Crippen molar-refractivity contribution in [1.29, 1.82) is 0 Å². The van der Waals surface area contributed by atoms with Crippen LogP contribution in [0.5, 0.6) is 5.75 Å². The van der Waals surface area contributed by atoms with E-state index in [1.807, 2.05) is 49.4 Å². The second kappa shape index (κ2) is 7.57. The summed E-state index contributed by atoms with van der Waals surface area (Å²) in [6, 6.07) is 17.4. The lowest BCUT2D eigenvalue weighted by atomic mass is 10.1. The van der Waals surface area contributed by atoms with Crippen LogP contribution in [0.3, 0.4) is 0 Å². The molecule has 0 fully saturated rings. The molecule has 3 rings (SSSR count). The number of carbonyl (C=O) groups is 1.